The lowest BCUT2D eigenvalue weighted by Gasteiger charge is -2.33. The highest BCUT2D eigenvalue weighted by molar-refractivity contribution is 5.84. The summed E-state index contributed by atoms with van der Waals surface area (Å²) in [6, 6.07) is 17.8. The standard InChI is InChI=1S/C18H22N2/c1-13(2)19-15(4)20(16-10-6-5-9-14(16)3)18-12-8-7-11-17(18)19/h5-13,15H,1-4H3/t15-/m1/s1. The monoisotopic (exact) mass is 266 g/mol. The van der Waals surface area contributed by atoms with E-state index in [1.165, 1.54) is 22.6 Å². The molecule has 0 radical (unpaired) electrons. The van der Waals surface area contributed by atoms with Gasteiger partial charge >= 0.3 is 0 Å². The topological polar surface area (TPSA) is 6.48 Å². The highest BCUT2D eigenvalue weighted by Gasteiger charge is 2.35. The minimum atomic E-state index is 0.341. The highest BCUT2D eigenvalue weighted by atomic mass is 15.4. The first-order valence-corrected chi connectivity index (χ1v) is 7.33. The molecule has 3 rings (SSSR count). The van der Waals surface area contributed by atoms with Gasteiger partial charge in [0, 0.05) is 11.7 Å². The third-order valence-electron chi connectivity index (χ3n) is 4.13. The Kier molecular flexibility index (Phi) is 3.17. The van der Waals surface area contributed by atoms with Gasteiger partial charge in [0.15, 0.2) is 0 Å². The Balaban J connectivity index is 2.16. The lowest BCUT2D eigenvalue weighted by atomic mass is 10.1. The van der Waals surface area contributed by atoms with E-state index in [0.717, 1.165) is 0 Å². The highest BCUT2D eigenvalue weighted by Crippen LogP contribution is 2.45. The van der Waals surface area contributed by atoms with Crippen molar-refractivity contribution in [2.45, 2.75) is 39.9 Å². The number of rotatable bonds is 2. The molecule has 20 heavy (non-hydrogen) atoms. The SMILES string of the molecule is Cc1ccccc1N1c2ccccc2N(C(C)C)[C@H]1C. The predicted molar refractivity (Wildman–Crippen MR) is 86.8 cm³/mol. The van der Waals surface area contributed by atoms with Crippen LogP contribution >= 0.6 is 0 Å². The number of fused-ring (bicyclic) bond motifs is 1. The summed E-state index contributed by atoms with van der Waals surface area (Å²) in [5.41, 5.74) is 5.26. The zero-order valence-electron chi connectivity index (χ0n) is 12.7. The normalized spacial score (nSPS) is 17.8. The van der Waals surface area contributed by atoms with Crippen molar-refractivity contribution < 1.29 is 0 Å². The molecule has 0 amide bonds. The third kappa shape index (κ3) is 1.87. The zero-order chi connectivity index (χ0) is 14.3. The number of para-hydroxylation sites is 3. The van der Waals surface area contributed by atoms with Crippen LogP contribution in [-0.2, 0) is 0 Å². The molecule has 0 aromatic heterocycles. The molecule has 0 spiro atoms. The minimum absolute atomic E-state index is 0.341. The van der Waals surface area contributed by atoms with Crippen molar-refractivity contribution in [3.63, 3.8) is 0 Å². The molecule has 2 nitrogen and oxygen atoms in total. The molecule has 2 aromatic carbocycles. The first kappa shape index (κ1) is 13.0. The Labute approximate surface area is 121 Å². The van der Waals surface area contributed by atoms with Crippen LogP contribution in [0.2, 0.25) is 0 Å². The number of benzene rings is 2. The van der Waals surface area contributed by atoms with Crippen molar-refractivity contribution in [1.29, 1.82) is 0 Å². The van der Waals surface area contributed by atoms with Crippen LogP contribution in [0.4, 0.5) is 17.1 Å². The van der Waals surface area contributed by atoms with Crippen molar-refractivity contribution in [1.82, 2.24) is 0 Å². The summed E-state index contributed by atoms with van der Waals surface area (Å²) in [6.07, 6.45) is 0.341. The molecule has 2 aromatic rings. The van der Waals surface area contributed by atoms with E-state index in [1.54, 1.807) is 0 Å². The van der Waals surface area contributed by atoms with E-state index in [2.05, 4.69) is 86.0 Å². The lowest BCUT2D eigenvalue weighted by molar-refractivity contribution is 0.606. The van der Waals surface area contributed by atoms with Crippen LogP contribution in [0, 0.1) is 6.92 Å². The maximum absolute atomic E-state index is 2.49. The Morgan fingerprint density at radius 2 is 1.40 bits per heavy atom. The Morgan fingerprint density at radius 3 is 2.00 bits per heavy atom. The second-order valence-electron chi connectivity index (χ2n) is 5.78. The van der Waals surface area contributed by atoms with Gasteiger partial charge in [-0.25, -0.2) is 0 Å². The first-order chi connectivity index (χ1) is 9.61. The molecule has 0 aliphatic carbocycles. The summed E-state index contributed by atoms with van der Waals surface area (Å²) in [7, 11) is 0. The van der Waals surface area contributed by atoms with Gasteiger partial charge in [0.2, 0.25) is 0 Å². The molecule has 104 valence electrons. The summed E-state index contributed by atoms with van der Waals surface area (Å²) in [6.45, 7) is 8.98. The van der Waals surface area contributed by atoms with Crippen LogP contribution in [0.25, 0.3) is 0 Å². The summed E-state index contributed by atoms with van der Waals surface area (Å²) >= 11 is 0. The molecular formula is C18H22N2. The molecule has 0 bridgehead atoms. The summed E-state index contributed by atoms with van der Waals surface area (Å²) < 4.78 is 0. The molecule has 1 aliphatic rings. The van der Waals surface area contributed by atoms with E-state index in [9.17, 15) is 0 Å². The molecule has 0 unspecified atom stereocenters. The van der Waals surface area contributed by atoms with Gasteiger partial charge in [0.1, 0.15) is 6.17 Å². The predicted octanol–water partition coefficient (Wildman–Crippen LogP) is 4.71. The average Bonchev–Trinajstić information content (AvgIpc) is 2.71. The van der Waals surface area contributed by atoms with E-state index in [1.807, 2.05) is 0 Å². The van der Waals surface area contributed by atoms with Gasteiger partial charge in [0.05, 0.1) is 11.4 Å². The van der Waals surface area contributed by atoms with Crippen molar-refractivity contribution in [3.8, 4) is 0 Å². The number of anilines is 3. The van der Waals surface area contributed by atoms with E-state index in [0.29, 0.717) is 12.2 Å². The molecule has 0 N–H and O–H groups in total. The molecule has 1 atom stereocenters. The fraction of sp³-hybridized carbons (Fsp3) is 0.333. The van der Waals surface area contributed by atoms with Crippen LogP contribution in [0.5, 0.6) is 0 Å². The van der Waals surface area contributed by atoms with Gasteiger partial charge < -0.3 is 9.80 Å². The second-order valence-corrected chi connectivity index (χ2v) is 5.78. The lowest BCUT2D eigenvalue weighted by Crippen LogP contribution is -2.42. The molecule has 2 heteroatoms. The van der Waals surface area contributed by atoms with Gasteiger partial charge in [0.25, 0.3) is 0 Å². The summed E-state index contributed by atoms with van der Waals surface area (Å²) in [4.78, 5) is 4.94. The quantitative estimate of drug-likeness (QED) is 0.777. The molecule has 1 heterocycles. The fourth-order valence-electron chi connectivity index (χ4n) is 3.29. The van der Waals surface area contributed by atoms with Crippen LogP contribution < -0.4 is 9.80 Å². The minimum Gasteiger partial charge on any atom is -0.347 e. The van der Waals surface area contributed by atoms with E-state index in [-0.39, 0.29) is 0 Å². The fourth-order valence-corrected chi connectivity index (χ4v) is 3.29. The van der Waals surface area contributed by atoms with Crippen molar-refractivity contribution in [2.24, 2.45) is 0 Å². The summed E-state index contributed by atoms with van der Waals surface area (Å²) in [5.74, 6) is 0. The number of aryl methyl sites for hydroxylation is 1. The van der Waals surface area contributed by atoms with Crippen LogP contribution in [0.1, 0.15) is 26.3 Å². The van der Waals surface area contributed by atoms with Crippen LogP contribution in [0.15, 0.2) is 48.5 Å². The van der Waals surface area contributed by atoms with Crippen molar-refractivity contribution in [3.05, 3.63) is 54.1 Å². The van der Waals surface area contributed by atoms with E-state index >= 15 is 0 Å². The molecule has 0 saturated heterocycles. The number of hydrogen-bond donors (Lipinski definition) is 0. The van der Waals surface area contributed by atoms with Crippen LogP contribution in [0.3, 0.4) is 0 Å². The van der Waals surface area contributed by atoms with Gasteiger partial charge in [-0.3, -0.25) is 0 Å². The van der Waals surface area contributed by atoms with Crippen molar-refractivity contribution >= 4 is 17.1 Å². The van der Waals surface area contributed by atoms with Crippen LogP contribution in [-0.4, -0.2) is 12.2 Å². The molecular weight excluding hydrogens is 244 g/mol. The number of nitrogens with zero attached hydrogens (tertiary/aromatic N) is 2. The third-order valence-corrected chi connectivity index (χ3v) is 4.13. The zero-order valence-corrected chi connectivity index (χ0v) is 12.7. The van der Waals surface area contributed by atoms with Gasteiger partial charge in [-0.15, -0.1) is 0 Å². The van der Waals surface area contributed by atoms with E-state index in [4.69, 9.17) is 0 Å². The van der Waals surface area contributed by atoms with Gasteiger partial charge in [-0.1, -0.05) is 30.3 Å². The maximum atomic E-state index is 2.49. The van der Waals surface area contributed by atoms with E-state index < -0.39 is 0 Å². The largest absolute Gasteiger partial charge is 0.347 e. The smallest absolute Gasteiger partial charge is 0.104 e. The van der Waals surface area contributed by atoms with Gasteiger partial charge in [-0.05, 0) is 51.5 Å². The first-order valence-electron chi connectivity index (χ1n) is 7.33. The number of hydrogen-bond acceptors (Lipinski definition) is 2. The Morgan fingerprint density at radius 1 is 0.850 bits per heavy atom. The average molecular weight is 266 g/mol. The molecule has 1 aliphatic heterocycles. The Hall–Kier alpha value is -1.96. The second kappa shape index (κ2) is 4.86. The summed E-state index contributed by atoms with van der Waals surface area (Å²) in [5, 5.41) is 0. The molecule has 0 saturated carbocycles. The van der Waals surface area contributed by atoms with Crippen molar-refractivity contribution in [2.75, 3.05) is 9.80 Å². The maximum Gasteiger partial charge on any atom is 0.104 e. The Bertz CT molecular complexity index is 618. The molecule has 0 fully saturated rings. The van der Waals surface area contributed by atoms with Gasteiger partial charge in [-0.2, -0.15) is 0 Å².